The average Bonchev–Trinajstić information content (AvgIpc) is 2.52. The minimum Gasteiger partial charge on any atom is -0.321 e. The first-order chi connectivity index (χ1) is 5.77. The molecule has 0 unspecified atom stereocenters. The quantitative estimate of drug-likeness (QED) is 0.709. The molecule has 0 saturated heterocycles. The van der Waals surface area contributed by atoms with Crippen LogP contribution in [0, 0.1) is 0 Å². The van der Waals surface area contributed by atoms with Crippen LogP contribution in [0.2, 0.25) is 0 Å². The first kappa shape index (κ1) is 9.19. The van der Waals surface area contributed by atoms with Gasteiger partial charge in [-0.1, -0.05) is 13.8 Å². The second-order valence-electron chi connectivity index (χ2n) is 2.91. The Morgan fingerprint density at radius 3 is 2.83 bits per heavy atom. The third kappa shape index (κ3) is 2.04. The SMILES string of the molecule is CCCc1nc([C@@H](N)CC)n[nH]1. The van der Waals surface area contributed by atoms with Crippen LogP contribution in [-0.4, -0.2) is 15.2 Å². The lowest BCUT2D eigenvalue weighted by atomic mass is 10.2. The van der Waals surface area contributed by atoms with Gasteiger partial charge < -0.3 is 5.73 Å². The molecule has 3 N–H and O–H groups in total. The normalized spacial score (nSPS) is 13.2. The van der Waals surface area contributed by atoms with Crippen molar-refractivity contribution < 1.29 is 0 Å². The van der Waals surface area contributed by atoms with Gasteiger partial charge in [-0.3, -0.25) is 5.10 Å². The van der Waals surface area contributed by atoms with Gasteiger partial charge in [0, 0.05) is 6.42 Å². The lowest BCUT2D eigenvalue weighted by molar-refractivity contribution is 0.651. The summed E-state index contributed by atoms with van der Waals surface area (Å²) in [5, 5.41) is 6.93. The van der Waals surface area contributed by atoms with Crippen LogP contribution >= 0.6 is 0 Å². The second-order valence-corrected chi connectivity index (χ2v) is 2.91. The number of nitrogens with zero attached hydrogens (tertiary/aromatic N) is 2. The van der Waals surface area contributed by atoms with E-state index < -0.39 is 0 Å². The lowest BCUT2D eigenvalue weighted by Crippen LogP contribution is -2.10. The molecule has 12 heavy (non-hydrogen) atoms. The van der Waals surface area contributed by atoms with Gasteiger partial charge in [0.1, 0.15) is 5.82 Å². The van der Waals surface area contributed by atoms with Crippen LogP contribution in [-0.2, 0) is 6.42 Å². The minimum absolute atomic E-state index is 0.0214. The predicted molar refractivity (Wildman–Crippen MR) is 47.6 cm³/mol. The second kappa shape index (κ2) is 4.21. The average molecular weight is 168 g/mol. The molecule has 1 aromatic rings. The summed E-state index contributed by atoms with van der Waals surface area (Å²) in [6.45, 7) is 4.14. The maximum Gasteiger partial charge on any atom is 0.167 e. The zero-order valence-electron chi connectivity index (χ0n) is 7.67. The Morgan fingerprint density at radius 1 is 1.50 bits per heavy atom. The van der Waals surface area contributed by atoms with Crippen LogP contribution in [0.4, 0.5) is 0 Å². The molecule has 0 aromatic carbocycles. The third-order valence-corrected chi connectivity index (χ3v) is 1.81. The largest absolute Gasteiger partial charge is 0.321 e. The van der Waals surface area contributed by atoms with E-state index in [-0.39, 0.29) is 6.04 Å². The van der Waals surface area contributed by atoms with Gasteiger partial charge in [0.2, 0.25) is 0 Å². The molecule has 4 nitrogen and oxygen atoms in total. The molecular weight excluding hydrogens is 152 g/mol. The van der Waals surface area contributed by atoms with E-state index in [2.05, 4.69) is 22.1 Å². The Labute approximate surface area is 72.6 Å². The summed E-state index contributed by atoms with van der Waals surface area (Å²) >= 11 is 0. The molecule has 1 atom stereocenters. The number of hydrogen-bond acceptors (Lipinski definition) is 3. The summed E-state index contributed by atoms with van der Waals surface area (Å²) < 4.78 is 0. The number of hydrogen-bond donors (Lipinski definition) is 2. The zero-order chi connectivity index (χ0) is 8.97. The van der Waals surface area contributed by atoms with Gasteiger partial charge >= 0.3 is 0 Å². The molecule has 0 aliphatic heterocycles. The van der Waals surface area contributed by atoms with Crippen molar-refractivity contribution in [1.29, 1.82) is 0 Å². The third-order valence-electron chi connectivity index (χ3n) is 1.81. The van der Waals surface area contributed by atoms with Crippen molar-refractivity contribution in [2.75, 3.05) is 0 Å². The highest BCUT2D eigenvalue weighted by Gasteiger charge is 2.08. The van der Waals surface area contributed by atoms with Gasteiger partial charge in [-0.05, 0) is 12.8 Å². The molecule has 0 saturated carbocycles. The number of nitrogens with one attached hydrogen (secondary N) is 1. The van der Waals surface area contributed by atoms with Gasteiger partial charge in [0.05, 0.1) is 6.04 Å². The fraction of sp³-hybridized carbons (Fsp3) is 0.750. The summed E-state index contributed by atoms with van der Waals surface area (Å²) in [6, 6.07) is -0.0214. The molecule has 0 fully saturated rings. The topological polar surface area (TPSA) is 67.6 Å². The molecule has 4 heteroatoms. The maximum atomic E-state index is 5.76. The smallest absolute Gasteiger partial charge is 0.167 e. The van der Waals surface area contributed by atoms with E-state index >= 15 is 0 Å². The molecule has 68 valence electrons. The van der Waals surface area contributed by atoms with Crippen molar-refractivity contribution in [3.05, 3.63) is 11.6 Å². The Kier molecular flexibility index (Phi) is 3.22. The first-order valence-electron chi connectivity index (χ1n) is 4.44. The van der Waals surface area contributed by atoms with E-state index in [1.54, 1.807) is 0 Å². The number of nitrogens with two attached hydrogens (primary N) is 1. The van der Waals surface area contributed by atoms with E-state index in [0.29, 0.717) is 0 Å². The zero-order valence-corrected chi connectivity index (χ0v) is 7.67. The van der Waals surface area contributed by atoms with Crippen molar-refractivity contribution in [2.45, 2.75) is 39.2 Å². The molecule has 0 bridgehead atoms. The maximum absolute atomic E-state index is 5.76. The molecule has 1 heterocycles. The van der Waals surface area contributed by atoms with E-state index in [9.17, 15) is 0 Å². The van der Waals surface area contributed by atoms with Crippen LogP contribution in [0.3, 0.4) is 0 Å². The van der Waals surface area contributed by atoms with Gasteiger partial charge in [0.15, 0.2) is 5.82 Å². The summed E-state index contributed by atoms with van der Waals surface area (Å²) in [5.41, 5.74) is 5.76. The number of aromatic nitrogens is 3. The van der Waals surface area contributed by atoms with Crippen LogP contribution in [0.25, 0.3) is 0 Å². The fourth-order valence-corrected chi connectivity index (χ4v) is 1.01. The highest BCUT2D eigenvalue weighted by Crippen LogP contribution is 2.07. The lowest BCUT2D eigenvalue weighted by Gasteiger charge is -2.00. The summed E-state index contributed by atoms with van der Waals surface area (Å²) in [4.78, 5) is 4.28. The minimum atomic E-state index is -0.0214. The number of rotatable bonds is 4. The number of aromatic amines is 1. The predicted octanol–water partition coefficient (Wildman–Crippen LogP) is 1.17. The van der Waals surface area contributed by atoms with Crippen molar-refractivity contribution in [3.63, 3.8) is 0 Å². The summed E-state index contributed by atoms with van der Waals surface area (Å²) in [7, 11) is 0. The van der Waals surface area contributed by atoms with Crippen molar-refractivity contribution >= 4 is 0 Å². The molecule has 0 aliphatic rings. The van der Waals surface area contributed by atoms with E-state index in [4.69, 9.17) is 5.73 Å². The van der Waals surface area contributed by atoms with Crippen LogP contribution in [0.1, 0.15) is 44.4 Å². The van der Waals surface area contributed by atoms with Gasteiger partial charge in [-0.25, -0.2) is 4.98 Å². The van der Waals surface area contributed by atoms with Gasteiger partial charge in [-0.2, -0.15) is 5.10 Å². The molecule has 0 radical (unpaired) electrons. The highest BCUT2D eigenvalue weighted by atomic mass is 15.2. The van der Waals surface area contributed by atoms with Crippen molar-refractivity contribution in [2.24, 2.45) is 5.73 Å². The number of H-pyrrole nitrogens is 1. The Balaban J connectivity index is 2.63. The van der Waals surface area contributed by atoms with Crippen LogP contribution < -0.4 is 5.73 Å². The molecule has 0 spiro atoms. The van der Waals surface area contributed by atoms with Gasteiger partial charge in [-0.15, -0.1) is 0 Å². The highest BCUT2D eigenvalue weighted by molar-refractivity contribution is 4.95. The summed E-state index contributed by atoms with van der Waals surface area (Å²) in [5.74, 6) is 1.68. The molecule has 1 aromatic heterocycles. The van der Waals surface area contributed by atoms with Crippen LogP contribution in [0.15, 0.2) is 0 Å². The van der Waals surface area contributed by atoms with Crippen molar-refractivity contribution in [1.82, 2.24) is 15.2 Å². The Bertz CT molecular complexity index is 231. The van der Waals surface area contributed by atoms with E-state index in [1.807, 2.05) is 6.92 Å². The Morgan fingerprint density at radius 2 is 2.25 bits per heavy atom. The molecule has 0 aliphatic carbocycles. The fourth-order valence-electron chi connectivity index (χ4n) is 1.01. The van der Waals surface area contributed by atoms with Crippen LogP contribution in [0.5, 0.6) is 0 Å². The molecule has 1 rings (SSSR count). The van der Waals surface area contributed by atoms with E-state index in [0.717, 1.165) is 30.9 Å². The molecular formula is C8H16N4. The van der Waals surface area contributed by atoms with E-state index in [1.165, 1.54) is 0 Å². The number of aryl methyl sites for hydroxylation is 1. The van der Waals surface area contributed by atoms with Gasteiger partial charge in [0.25, 0.3) is 0 Å². The summed E-state index contributed by atoms with van der Waals surface area (Å²) in [6.07, 6.45) is 2.91. The molecule has 0 amide bonds. The van der Waals surface area contributed by atoms with Crippen molar-refractivity contribution in [3.8, 4) is 0 Å². The monoisotopic (exact) mass is 168 g/mol. The first-order valence-corrected chi connectivity index (χ1v) is 4.44. The Hall–Kier alpha value is -0.900. The standard InChI is InChI=1S/C8H16N4/c1-3-5-7-10-8(12-11-7)6(9)4-2/h6H,3-5,9H2,1-2H3,(H,10,11,12)/t6-/m0/s1.